The average molecular weight is 372 g/mol. The van der Waals surface area contributed by atoms with Crippen LogP contribution >= 0.6 is 15.9 Å². The number of aromatic nitrogens is 1. The van der Waals surface area contributed by atoms with Crippen molar-refractivity contribution >= 4 is 21.6 Å². The Balaban J connectivity index is 1.72. The standard InChI is InChI=1S/C18H18BrN3O/c1-13-4-5-14(22-12-18(6-7-18)8-9-20)11-16(13)23-17-15(19)3-2-10-21-17/h2-5,10-11,22H,6-8,12H2,1H3. The number of nitrogens with one attached hydrogen (secondary N) is 1. The van der Waals surface area contributed by atoms with E-state index in [1.165, 1.54) is 0 Å². The van der Waals surface area contributed by atoms with Crippen molar-refractivity contribution in [2.24, 2.45) is 5.41 Å². The van der Waals surface area contributed by atoms with Crippen molar-refractivity contribution in [1.29, 1.82) is 5.26 Å². The van der Waals surface area contributed by atoms with Gasteiger partial charge in [0.15, 0.2) is 0 Å². The normalized spacial score (nSPS) is 14.8. The molecule has 1 aliphatic rings. The van der Waals surface area contributed by atoms with Crippen molar-refractivity contribution in [3.8, 4) is 17.7 Å². The quantitative estimate of drug-likeness (QED) is 0.771. The summed E-state index contributed by atoms with van der Waals surface area (Å²) in [6, 6.07) is 12.1. The van der Waals surface area contributed by atoms with E-state index in [9.17, 15) is 0 Å². The van der Waals surface area contributed by atoms with Gasteiger partial charge in [0.2, 0.25) is 5.88 Å². The number of halogens is 1. The summed E-state index contributed by atoms with van der Waals surface area (Å²) >= 11 is 3.45. The summed E-state index contributed by atoms with van der Waals surface area (Å²) in [7, 11) is 0. The molecule has 0 amide bonds. The first-order valence-electron chi connectivity index (χ1n) is 7.62. The molecular weight excluding hydrogens is 354 g/mol. The van der Waals surface area contributed by atoms with Crippen LogP contribution < -0.4 is 10.1 Å². The van der Waals surface area contributed by atoms with Gasteiger partial charge >= 0.3 is 0 Å². The Labute approximate surface area is 144 Å². The molecule has 1 fully saturated rings. The van der Waals surface area contributed by atoms with Gasteiger partial charge < -0.3 is 10.1 Å². The second-order valence-electron chi connectivity index (χ2n) is 6.06. The van der Waals surface area contributed by atoms with Gasteiger partial charge in [-0.3, -0.25) is 0 Å². The highest BCUT2D eigenvalue weighted by Crippen LogP contribution is 2.48. The predicted octanol–water partition coefficient (Wildman–Crippen LogP) is 5.05. The van der Waals surface area contributed by atoms with Gasteiger partial charge in [-0.2, -0.15) is 5.26 Å². The van der Waals surface area contributed by atoms with Gasteiger partial charge in [-0.1, -0.05) is 6.07 Å². The van der Waals surface area contributed by atoms with E-state index in [1.54, 1.807) is 6.20 Å². The third kappa shape index (κ3) is 3.83. The van der Waals surface area contributed by atoms with E-state index in [0.29, 0.717) is 12.3 Å². The van der Waals surface area contributed by atoms with Crippen LogP contribution in [-0.4, -0.2) is 11.5 Å². The summed E-state index contributed by atoms with van der Waals surface area (Å²) in [6.45, 7) is 2.84. The second-order valence-corrected chi connectivity index (χ2v) is 6.92. The summed E-state index contributed by atoms with van der Waals surface area (Å²) in [6.07, 6.45) is 4.58. The molecular formula is C18H18BrN3O. The average Bonchev–Trinajstić information content (AvgIpc) is 3.31. The van der Waals surface area contributed by atoms with Gasteiger partial charge in [0.1, 0.15) is 5.75 Å². The Kier molecular flexibility index (Phi) is 4.53. The van der Waals surface area contributed by atoms with Crippen LogP contribution in [0.5, 0.6) is 11.6 Å². The number of nitrogens with zero attached hydrogens (tertiary/aromatic N) is 2. The van der Waals surface area contributed by atoms with Crippen molar-refractivity contribution in [3.63, 3.8) is 0 Å². The molecule has 1 heterocycles. The van der Waals surface area contributed by atoms with Crippen LogP contribution in [0.1, 0.15) is 24.8 Å². The summed E-state index contributed by atoms with van der Waals surface area (Å²) in [5, 5.41) is 12.3. The van der Waals surface area contributed by atoms with Gasteiger partial charge in [0.25, 0.3) is 0 Å². The Morgan fingerprint density at radius 2 is 2.22 bits per heavy atom. The molecule has 2 aromatic rings. The maximum atomic E-state index is 8.90. The third-order valence-electron chi connectivity index (χ3n) is 4.20. The Bertz CT molecular complexity index is 750. The van der Waals surface area contributed by atoms with E-state index in [1.807, 2.05) is 37.3 Å². The maximum absolute atomic E-state index is 8.90. The number of ether oxygens (including phenoxy) is 1. The molecule has 3 rings (SSSR count). The zero-order valence-electron chi connectivity index (χ0n) is 13.0. The number of anilines is 1. The summed E-state index contributed by atoms with van der Waals surface area (Å²) < 4.78 is 6.75. The van der Waals surface area contributed by atoms with E-state index < -0.39 is 0 Å². The van der Waals surface area contributed by atoms with Gasteiger partial charge in [0, 0.05) is 36.3 Å². The van der Waals surface area contributed by atoms with E-state index in [-0.39, 0.29) is 5.41 Å². The summed E-state index contributed by atoms with van der Waals surface area (Å²) in [5.74, 6) is 1.33. The molecule has 0 saturated heterocycles. The van der Waals surface area contributed by atoms with Crippen LogP contribution in [0.15, 0.2) is 41.0 Å². The highest BCUT2D eigenvalue weighted by molar-refractivity contribution is 9.10. The van der Waals surface area contributed by atoms with Crippen molar-refractivity contribution in [3.05, 3.63) is 46.6 Å². The maximum Gasteiger partial charge on any atom is 0.233 e. The fourth-order valence-electron chi connectivity index (χ4n) is 2.42. The van der Waals surface area contributed by atoms with Crippen LogP contribution in [0.2, 0.25) is 0 Å². The summed E-state index contributed by atoms with van der Waals surface area (Å²) in [4.78, 5) is 4.24. The largest absolute Gasteiger partial charge is 0.438 e. The Morgan fingerprint density at radius 1 is 1.39 bits per heavy atom. The van der Waals surface area contributed by atoms with Gasteiger partial charge in [-0.05, 0) is 59.5 Å². The number of benzene rings is 1. The first-order valence-corrected chi connectivity index (χ1v) is 8.41. The minimum Gasteiger partial charge on any atom is -0.438 e. The first-order chi connectivity index (χ1) is 11.1. The molecule has 1 aromatic heterocycles. The number of hydrogen-bond donors (Lipinski definition) is 1. The lowest BCUT2D eigenvalue weighted by Gasteiger charge is -2.15. The molecule has 0 atom stereocenters. The fourth-order valence-corrected chi connectivity index (χ4v) is 2.76. The number of rotatable bonds is 6. The monoisotopic (exact) mass is 371 g/mol. The molecule has 1 aliphatic carbocycles. The van der Waals surface area contributed by atoms with Crippen LogP contribution in [0.25, 0.3) is 0 Å². The molecule has 5 heteroatoms. The lowest BCUT2D eigenvalue weighted by atomic mass is 10.0. The van der Waals surface area contributed by atoms with Crippen LogP contribution in [-0.2, 0) is 0 Å². The Morgan fingerprint density at radius 3 is 2.91 bits per heavy atom. The van der Waals surface area contributed by atoms with E-state index in [2.05, 4.69) is 32.3 Å². The van der Waals surface area contributed by atoms with Gasteiger partial charge in [-0.15, -0.1) is 0 Å². The molecule has 0 radical (unpaired) electrons. The molecule has 0 bridgehead atoms. The number of aryl methyl sites for hydroxylation is 1. The van der Waals surface area contributed by atoms with Crippen molar-refractivity contribution in [1.82, 2.24) is 4.98 Å². The molecule has 1 aromatic carbocycles. The van der Waals surface area contributed by atoms with E-state index >= 15 is 0 Å². The zero-order valence-corrected chi connectivity index (χ0v) is 14.6. The fraction of sp³-hybridized carbons (Fsp3) is 0.333. The SMILES string of the molecule is Cc1ccc(NCC2(CC#N)CC2)cc1Oc1ncccc1Br. The zero-order chi connectivity index (χ0) is 16.3. The molecule has 1 saturated carbocycles. The molecule has 0 aliphatic heterocycles. The van der Waals surface area contributed by atoms with Gasteiger partial charge in [-0.25, -0.2) is 4.98 Å². The second kappa shape index (κ2) is 6.59. The highest BCUT2D eigenvalue weighted by Gasteiger charge is 2.42. The molecule has 4 nitrogen and oxygen atoms in total. The van der Waals surface area contributed by atoms with Gasteiger partial charge in [0.05, 0.1) is 10.5 Å². The number of hydrogen-bond acceptors (Lipinski definition) is 4. The molecule has 0 unspecified atom stereocenters. The topological polar surface area (TPSA) is 57.9 Å². The smallest absolute Gasteiger partial charge is 0.233 e. The lowest BCUT2D eigenvalue weighted by molar-refractivity contribution is 0.456. The highest BCUT2D eigenvalue weighted by atomic mass is 79.9. The minimum atomic E-state index is 0.171. The van der Waals surface area contributed by atoms with Crippen molar-refractivity contribution in [2.45, 2.75) is 26.2 Å². The predicted molar refractivity (Wildman–Crippen MR) is 93.6 cm³/mol. The van der Waals surface area contributed by atoms with Crippen LogP contribution in [0, 0.1) is 23.7 Å². The van der Waals surface area contributed by atoms with Crippen LogP contribution in [0.3, 0.4) is 0 Å². The first kappa shape index (κ1) is 15.8. The molecule has 118 valence electrons. The van der Waals surface area contributed by atoms with Crippen molar-refractivity contribution in [2.75, 3.05) is 11.9 Å². The molecule has 1 N–H and O–H groups in total. The lowest BCUT2D eigenvalue weighted by Crippen LogP contribution is -2.14. The molecule has 0 spiro atoms. The van der Waals surface area contributed by atoms with Crippen molar-refractivity contribution < 1.29 is 4.74 Å². The number of nitriles is 1. The minimum absolute atomic E-state index is 0.171. The Hall–Kier alpha value is -2.06. The van der Waals surface area contributed by atoms with Crippen LogP contribution in [0.4, 0.5) is 5.69 Å². The van der Waals surface area contributed by atoms with E-state index in [4.69, 9.17) is 10.00 Å². The summed E-state index contributed by atoms with van der Waals surface area (Å²) in [5.41, 5.74) is 2.22. The molecule has 23 heavy (non-hydrogen) atoms. The van der Waals surface area contributed by atoms with E-state index in [0.717, 1.165) is 40.9 Å². The number of pyridine rings is 1. The third-order valence-corrected chi connectivity index (χ3v) is 4.80.